The van der Waals surface area contributed by atoms with Gasteiger partial charge in [0.1, 0.15) is 0 Å². The van der Waals surface area contributed by atoms with Gasteiger partial charge in [0.25, 0.3) is 0 Å². The molecule has 0 aliphatic carbocycles. The maximum atomic E-state index is 11.7. The molecule has 0 bridgehead atoms. The highest BCUT2D eigenvalue weighted by Gasteiger charge is 2.20. The molecule has 1 atom stereocenters. The standard InChI is InChI=1S/C11H19N3O2/c1-3-13-6-7-16-10(8-13)9-14-5-4-12(2)11(14)15/h4-5,10H,3,6-9H2,1-2H3. The predicted octanol–water partition coefficient (Wildman–Crippen LogP) is -0.0925. The van der Waals surface area contributed by atoms with Gasteiger partial charge in [0, 0.05) is 32.5 Å². The molecule has 5 nitrogen and oxygen atoms in total. The Balaban J connectivity index is 1.99. The minimum Gasteiger partial charge on any atom is -0.374 e. The number of hydrogen-bond donors (Lipinski definition) is 0. The topological polar surface area (TPSA) is 39.4 Å². The van der Waals surface area contributed by atoms with Crippen molar-refractivity contribution in [2.75, 3.05) is 26.2 Å². The second-order valence-electron chi connectivity index (χ2n) is 4.23. The van der Waals surface area contributed by atoms with Gasteiger partial charge in [0.05, 0.1) is 19.3 Å². The van der Waals surface area contributed by atoms with Gasteiger partial charge in [-0.2, -0.15) is 0 Å². The number of aromatic nitrogens is 2. The molecule has 0 saturated carbocycles. The molecule has 5 heteroatoms. The van der Waals surface area contributed by atoms with E-state index in [-0.39, 0.29) is 11.8 Å². The number of hydrogen-bond acceptors (Lipinski definition) is 3. The average molecular weight is 225 g/mol. The van der Waals surface area contributed by atoms with Gasteiger partial charge in [-0.3, -0.25) is 9.47 Å². The van der Waals surface area contributed by atoms with Crippen LogP contribution in [0.2, 0.25) is 0 Å². The van der Waals surface area contributed by atoms with Crippen LogP contribution in [0.1, 0.15) is 6.92 Å². The fraction of sp³-hybridized carbons (Fsp3) is 0.727. The number of nitrogens with zero attached hydrogens (tertiary/aromatic N) is 3. The first-order valence-corrected chi connectivity index (χ1v) is 5.76. The lowest BCUT2D eigenvalue weighted by Gasteiger charge is -2.32. The third kappa shape index (κ3) is 2.36. The lowest BCUT2D eigenvalue weighted by molar-refractivity contribution is -0.0347. The molecule has 2 rings (SSSR count). The zero-order chi connectivity index (χ0) is 11.5. The number of morpholine rings is 1. The Kier molecular flexibility index (Phi) is 3.46. The Morgan fingerprint density at radius 2 is 2.31 bits per heavy atom. The molecule has 0 aromatic carbocycles. The zero-order valence-electron chi connectivity index (χ0n) is 9.93. The van der Waals surface area contributed by atoms with Crippen LogP contribution in [0, 0.1) is 0 Å². The Morgan fingerprint density at radius 3 is 2.94 bits per heavy atom. The Morgan fingerprint density at radius 1 is 1.50 bits per heavy atom. The molecule has 1 aromatic rings. The van der Waals surface area contributed by atoms with E-state index in [0.717, 1.165) is 26.2 Å². The summed E-state index contributed by atoms with van der Waals surface area (Å²) in [5.74, 6) is 0. The molecule has 1 saturated heterocycles. The number of imidazole rings is 1. The molecule has 0 radical (unpaired) electrons. The lowest BCUT2D eigenvalue weighted by atomic mass is 10.2. The monoisotopic (exact) mass is 225 g/mol. The molecule has 1 aliphatic heterocycles. The van der Waals surface area contributed by atoms with Gasteiger partial charge in [-0.15, -0.1) is 0 Å². The molecule has 1 unspecified atom stereocenters. The number of rotatable bonds is 3. The van der Waals surface area contributed by atoms with Crippen LogP contribution in [0.4, 0.5) is 0 Å². The highest BCUT2D eigenvalue weighted by molar-refractivity contribution is 4.82. The second kappa shape index (κ2) is 4.84. The van der Waals surface area contributed by atoms with Crippen LogP contribution in [0.15, 0.2) is 17.2 Å². The van der Waals surface area contributed by atoms with Crippen molar-refractivity contribution in [3.8, 4) is 0 Å². The highest BCUT2D eigenvalue weighted by Crippen LogP contribution is 2.06. The molecule has 0 N–H and O–H groups in total. The first-order chi connectivity index (χ1) is 7.70. The van der Waals surface area contributed by atoms with E-state index >= 15 is 0 Å². The van der Waals surface area contributed by atoms with Crippen LogP contribution in [-0.4, -0.2) is 46.4 Å². The molecule has 90 valence electrons. The van der Waals surface area contributed by atoms with Crippen LogP contribution in [0.5, 0.6) is 0 Å². The summed E-state index contributed by atoms with van der Waals surface area (Å²) in [6, 6.07) is 0. The summed E-state index contributed by atoms with van der Waals surface area (Å²) in [4.78, 5) is 14.0. The van der Waals surface area contributed by atoms with Crippen molar-refractivity contribution in [2.24, 2.45) is 7.05 Å². The Bertz CT molecular complexity index is 396. The normalized spacial score (nSPS) is 22.5. The van der Waals surface area contributed by atoms with E-state index in [0.29, 0.717) is 6.54 Å². The predicted molar refractivity (Wildman–Crippen MR) is 61.5 cm³/mol. The number of ether oxygens (including phenoxy) is 1. The minimum absolute atomic E-state index is 0.0252. The van der Waals surface area contributed by atoms with Crippen LogP contribution < -0.4 is 5.69 Å². The summed E-state index contributed by atoms with van der Waals surface area (Å²) in [5.41, 5.74) is 0.0252. The van der Waals surface area contributed by atoms with Gasteiger partial charge in [-0.05, 0) is 6.54 Å². The van der Waals surface area contributed by atoms with Crippen LogP contribution in [-0.2, 0) is 18.3 Å². The van der Waals surface area contributed by atoms with Gasteiger partial charge in [0.2, 0.25) is 0 Å². The summed E-state index contributed by atoms with van der Waals surface area (Å²) in [7, 11) is 1.76. The highest BCUT2D eigenvalue weighted by atomic mass is 16.5. The molecule has 1 aromatic heterocycles. The fourth-order valence-corrected chi connectivity index (χ4v) is 2.05. The van der Waals surface area contributed by atoms with Crippen LogP contribution in [0.3, 0.4) is 0 Å². The quantitative estimate of drug-likeness (QED) is 0.721. The maximum absolute atomic E-state index is 11.7. The first-order valence-electron chi connectivity index (χ1n) is 5.76. The van der Waals surface area contributed by atoms with E-state index in [9.17, 15) is 4.79 Å². The van der Waals surface area contributed by atoms with E-state index in [2.05, 4.69) is 11.8 Å². The van der Waals surface area contributed by atoms with Gasteiger partial charge >= 0.3 is 5.69 Å². The van der Waals surface area contributed by atoms with Gasteiger partial charge < -0.3 is 9.30 Å². The largest absolute Gasteiger partial charge is 0.374 e. The van der Waals surface area contributed by atoms with Crippen molar-refractivity contribution in [1.29, 1.82) is 0 Å². The molecule has 2 heterocycles. The third-order valence-corrected chi connectivity index (χ3v) is 3.09. The summed E-state index contributed by atoms with van der Waals surface area (Å²) in [6.45, 7) is 6.52. The SMILES string of the molecule is CCN1CCOC(Cn2ccn(C)c2=O)C1. The smallest absolute Gasteiger partial charge is 0.327 e. The summed E-state index contributed by atoms with van der Waals surface area (Å²) in [5, 5.41) is 0. The molecular formula is C11H19N3O2. The molecule has 0 amide bonds. The Labute approximate surface area is 95.2 Å². The van der Waals surface area contributed by atoms with Crippen molar-refractivity contribution in [3.05, 3.63) is 22.9 Å². The van der Waals surface area contributed by atoms with E-state index in [4.69, 9.17) is 4.74 Å². The van der Waals surface area contributed by atoms with Crippen molar-refractivity contribution in [3.63, 3.8) is 0 Å². The van der Waals surface area contributed by atoms with E-state index in [1.807, 2.05) is 6.20 Å². The van der Waals surface area contributed by atoms with Crippen molar-refractivity contribution in [1.82, 2.24) is 14.0 Å². The van der Waals surface area contributed by atoms with Crippen molar-refractivity contribution < 1.29 is 4.74 Å². The average Bonchev–Trinajstić information content (AvgIpc) is 2.61. The van der Waals surface area contributed by atoms with E-state index < -0.39 is 0 Å². The Hall–Kier alpha value is -1.07. The van der Waals surface area contributed by atoms with Crippen molar-refractivity contribution in [2.45, 2.75) is 19.6 Å². The van der Waals surface area contributed by atoms with Gasteiger partial charge in [0.15, 0.2) is 0 Å². The summed E-state index contributed by atoms with van der Waals surface area (Å²) >= 11 is 0. The second-order valence-corrected chi connectivity index (χ2v) is 4.23. The van der Waals surface area contributed by atoms with Crippen molar-refractivity contribution >= 4 is 0 Å². The zero-order valence-corrected chi connectivity index (χ0v) is 9.93. The molecule has 0 spiro atoms. The fourth-order valence-electron chi connectivity index (χ4n) is 2.05. The minimum atomic E-state index is 0.0252. The van der Waals surface area contributed by atoms with E-state index in [1.54, 1.807) is 22.4 Å². The van der Waals surface area contributed by atoms with Gasteiger partial charge in [-0.25, -0.2) is 4.79 Å². The van der Waals surface area contributed by atoms with Crippen LogP contribution in [0.25, 0.3) is 0 Å². The number of likely N-dealkylation sites (N-methyl/N-ethyl adjacent to an activating group) is 1. The first kappa shape index (κ1) is 11.4. The summed E-state index contributed by atoms with van der Waals surface area (Å²) in [6.07, 6.45) is 3.73. The summed E-state index contributed by atoms with van der Waals surface area (Å²) < 4.78 is 8.96. The number of aryl methyl sites for hydroxylation is 1. The molecule has 1 aliphatic rings. The molecular weight excluding hydrogens is 206 g/mol. The maximum Gasteiger partial charge on any atom is 0.327 e. The molecule has 16 heavy (non-hydrogen) atoms. The van der Waals surface area contributed by atoms with Crippen LogP contribution >= 0.6 is 0 Å². The third-order valence-electron chi connectivity index (χ3n) is 3.09. The van der Waals surface area contributed by atoms with E-state index in [1.165, 1.54) is 0 Å². The molecule has 1 fully saturated rings. The lowest BCUT2D eigenvalue weighted by Crippen LogP contribution is -2.45. The van der Waals surface area contributed by atoms with Gasteiger partial charge in [-0.1, -0.05) is 6.92 Å².